The molecule has 0 aromatic carbocycles. The summed E-state index contributed by atoms with van der Waals surface area (Å²) in [5.74, 6) is 0.338. The maximum Gasteiger partial charge on any atom is 0.305 e. The van der Waals surface area contributed by atoms with Crippen molar-refractivity contribution in [2.24, 2.45) is 0 Å². The number of nitrogens with zero attached hydrogens (tertiary/aromatic N) is 3. The lowest BCUT2D eigenvalue weighted by molar-refractivity contribution is -0.385. The molecule has 0 bridgehead atoms. The molecule has 1 atom stereocenters. The fourth-order valence-electron chi connectivity index (χ4n) is 1.37. The van der Waals surface area contributed by atoms with Crippen LogP contribution in [0.3, 0.4) is 0 Å². The lowest BCUT2D eigenvalue weighted by atomic mass is 10.3. The molecule has 0 amide bonds. The normalized spacial score (nSPS) is 19.9. The van der Waals surface area contributed by atoms with E-state index in [4.69, 9.17) is 9.47 Å². The van der Waals surface area contributed by atoms with Crippen LogP contribution in [0, 0.1) is 10.1 Å². The lowest BCUT2D eigenvalue weighted by Crippen LogP contribution is -2.34. The van der Waals surface area contributed by atoms with E-state index in [-0.39, 0.29) is 11.8 Å². The summed E-state index contributed by atoms with van der Waals surface area (Å²) >= 11 is 0. The molecule has 1 aliphatic heterocycles. The van der Waals surface area contributed by atoms with E-state index in [0.29, 0.717) is 32.3 Å². The minimum atomic E-state index is -0.540. The average molecular weight is 240 g/mol. The van der Waals surface area contributed by atoms with E-state index >= 15 is 0 Å². The maximum absolute atomic E-state index is 10.4. The van der Waals surface area contributed by atoms with Crippen LogP contribution in [0.1, 0.15) is 0 Å². The van der Waals surface area contributed by atoms with Gasteiger partial charge in [0.15, 0.2) is 0 Å². The SMILES string of the molecule is O=[N+]([O-])c1cnc(NCC2COCCO2)nc1. The van der Waals surface area contributed by atoms with Gasteiger partial charge in [0.1, 0.15) is 12.4 Å². The smallest absolute Gasteiger partial charge is 0.305 e. The Hall–Kier alpha value is -1.80. The molecule has 1 aromatic heterocycles. The molecule has 2 heterocycles. The zero-order chi connectivity index (χ0) is 12.1. The van der Waals surface area contributed by atoms with Gasteiger partial charge in [-0.15, -0.1) is 0 Å². The Kier molecular flexibility index (Phi) is 3.78. The molecular formula is C9H12N4O4. The Morgan fingerprint density at radius 1 is 1.47 bits per heavy atom. The largest absolute Gasteiger partial charge is 0.376 e. The monoisotopic (exact) mass is 240 g/mol. The van der Waals surface area contributed by atoms with Crippen molar-refractivity contribution in [1.82, 2.24) is 9.97 Å². The first-order valence-electron chi connectivity index (χ1n) is 5.15. The quantitative estimate of drug-likeness (QED) is 0.593. The van der Waals surface area contributed by atoms with E-state index < -0.39 is 4.92 Å². The Morgan fingerprint density at radius 2 is 2.24 bits per heavy atom. The van der Waals surface area contributed by atoms with Crippen LogP contribution < -0.4 is 5.32 Å². The van der Waals surface area contributed by atoms with Gasteiger partial charge in [-0.1, -0.05) is 0 Å². The zero-order valence-electron chi connectivity index (χ0n) is 9.04. The second kappa shape index (κ2) is 5.51. The van der Waals surface area contributed by atoms with Crippen molar-refractivity contribution in [1.29, 1.82) is 0 Å². The van der Waals surface area contributed by atoms with Gasteiger partial charge in [-0.05, 0) is 0 Å². The molecule has 17 heavy (non-hydrogen) atoms. The average Bonchev–Trinajstić information content (AvgIpc) is 2.38. The van der Waals surface area contributed by atoms with Gasteiger partial charge >= 0.3 is 5.69 Å². The van der Waals surface area contributed by atoms with Gasteiger partial charge in [-0.3, -0.25) is 10.1 Å². The first kappa shape index (κ1) is 11.7. The summed E-state index contributed by atoms with van der Waals surface area (Å²) in [6.07, 6.45) is 2.28. The van der Waals surface area contributed by atoms with E-state index in [2.05, 4.69) is 15.3 Å². The van der Waals surface area contributed by atoms with E-state index in [0.717, 1.165) is 12.4 Å². The maximum atomic E-state index is 10.4. The summed E-state index contributed by atoms with van der Waals surface area (Å²) in [6, 6.07) is 0. The Balaban J connectivity index is 1.84. The Bertz CT molecular complexity index is 377. The van der Waals surface area contributed by atoms with Crippen molar-refractivity contribution in [3.05, 3.63) is 22.5 Å². The highest BCUT2D eigenvalue weighted by Gasteiger charge is 2.14. The molecule has 1 saturated heterocycles. The van der Waals surface area contributed by atoms with Crippen molar-refractivity contribution in [3.63, 3.8) is 0 Å². The molecule has 8 nitrogen and oxygen atoms in total. The molecule has 92 valence electrons. The highest BCUT2D eigenvalue weighted by molar-refractivity contribution is 5.30. The van der Waals surface area contributed by atoms with E-state index in [1.807, 2.05) is 0 Å². The summed E-state index contributed by atoms with van der Waals surface area (Å²) < 4.78 is 10.6. The molecule has 0 radical (unpaired) electrons. The summed E-state index contributed by atoms with van der Waals surface area (Å²) in [5, 5.41) is 13.3. The molecule has 8 heteroatoms. The molecule has 1 aromatic rings. The van der Waals surface area contributed by atoms with Crippen molar-refractivity contribution in [2.45, 2.75) is 6.10 Å². The first-order valence-corrected chi connectivity index (χ1v) is 5.15. The van der Waals surface area contributed by atoms with Crippen molar-refractivity contribution >= 4 is 11.6 Å². The van der Waals surface area contributed by atoms with Crippen LogP contribution in [0.15, 0.2) is 12.4 Å². The zero-order valence-corrected chi connectivity index (χ0v) is 9.04. The molecule has 1 aliphatic rings. The van der Waals surface area contributed by atoms with Crippen LogP contribution in [0.5, 0.6) is 0 Å². The number of ether oxygens (including phenoxy) is 2. The highest BCUT2D eigenvalue weighted by Crippen LogP contribution is 2.08. The molecule has 0 saturated carbocycles. The van der Waals surface area contributed by atoms with Gasteiger partial charge < -0.3 is 14.8 Å². The number of hydrogen-bond acceptors (Lipinski definition) is 7. The van der Waals surface area contributed by atoms with Gasteiger partial charge in [0.2, 0.25) is 5.95 Å². The molecule has 0 spiro atoms. The summed E-state index contributed by atoms with van der Waals surface area (Å²) in [7, 11) is 0. The third kappa shape index (κ3) is 3.33. The highest BCUT2D eigenvalue weighted by atomic mass is 16.6. The first-order chi connectivity index (χ1) is 8.25. The van der Waals surface area contributed by atoms with Crippen molar-refractivity contribution < 1.29 is 14.4 Å². The topological polar surface area (TPSA) is 99.4 Å². The van der Waals surface area contributed by atoms with Gasteiger partial charge in [0.25, 0.3) is 0 Å². The van der Waals surface area contributed by atoms with E-state index in [9.17, 15) is 10.1 Å². The second-order valence-electron chi connectivity index (χ2n) is 3.47. The van der Waals surface area contributed by atoms with Crippen LogP contribution in [-0.2, 0) is 9.47 Å². The van der Waals surface area contributed by atoms with Crippen LogP contribution in [0.4, 0.5) is 11.6 Å². The molecular weight excluding hydrogens is 228 g/mol. The van der Waals surface area contributed by atoms with Crippen molar-refractivity contribution in [3.8, 4) is 0 Å². The van der Waals surface area contributed by atoms with Crippen LogP contribution in [0.2, 0.25) is 0 Å². The van der Waals surface area contributed by atoms with Crippen molar-refractivity contribution in [2.75, 3.05) is 31.7 Å². The van der Waals surface area contributed by atoms with Gasteiger partial charge in [-0.2, -0.15) is 0 Å². The number of nitrogens with one attached hydrogen (secondary N) is 1. The number of nitro groups is 1. The minimum Gasteiger partial charge on any atom is -0.376 e. The fourth-order valence-corrected chi connectivity index (χ4v) is 1.37. The van der Waals surface area contributed by atoms with Crippen LogP contribution in [0.25, 0.3) is 0 Å². The Labute approximate surface area is 97.1 Å². The number of anilines is 1. The third-order valence-corrected chi connectivity index (χ3v) is 2.22. The predicted molar refractivity (Wildman–Crippen MR) is 57.7 cm³/mol. The number of aromatic nitrogens is 2. The van der Waals surface area contributed by atoms with Gasteiger partial charge in [0, 0.05) is 6.54 Å². The van der Waals surface area contributed by atoms with Crippen LogP contribution in [-0.4, -0.2) is 47.4 Å². The Morgan fingerprint density at radius 3 is 2.82 bits per heavy atom. The van der Waals surface area contributed by atoms with Crippen LogP contribution >= 0.6 is 0 Å². The lowest BCUT2D eigenvalue weighted by Gasteiger charge is -2.22. The second-order valence-corrected chi connectivity index (χ2v) is 3.47. The fraction of sp³-hybridized carbons (Fsp3) is 0.556. The van der Waals surface area contributed by atoms with Gasteiger partial charge in [-0.25, -0.2) is 9.97 Å². The van der Waals surface area contributed by atoms with E-state index in [1.165, 1.54) is 0 Å². The summed E-state index contributed by atoms with van der Waals surface area (Å²) in [4.78, 5) is 17.5. The standard InChI is InChI=1S/C9H12N4O4/c14-13(15)7-3-10-9(11-4-7)12-5-8-6-16-1-2-17-8/h3-4,8H,1-2,5-6H2,(H,10,11,12). The summed E-state index contributed by atoms with van der Waals surface area (Å²) in [5.41, 5.74) is -0.132. The summed E-state index contributed by atoms with van der Waals surface area (Å²) in [6.45, 7) is 2.23. The molecule has 1 unspecified atom stereocenters. The molecule has 1 fully saturated rings. The third-order valence-electron chi connectivity index (χ3n) is 2.22. The molecule has 2 rings (SSSR count). The van der Waals surface area contributed by atoms with Gasteiger partial charge in [0.05, 0.1) is 30.8 Å². The number of hydrogen-bond donors (Lipinski definition) is 1. The molecule has 1 N–H and O–H groups in total. The predicted octanol–water partition coefficient (Wildman–Crippen LogP) is 0.212. The van der Waals surface area contributed by atoms with E-state index in [1.54, 1.807) is 0 Å². The molecule has 0 aliphatic carbocycles. The minimum absolute atomic E-state index is 0.0393. The number of rotatable bonds is 4.